The zero-order valence-electron chi connectivity index (χ0n) is 10.7. The molecular weight excluding hydrogens is 355 g/mol. The number of hydrogen-bond acceptors (Lipinski definition) is 7. The van der Waals surface area contributed by atoms with Gasteiger partial charge in [0.25, 0.3) is 0 Å². The topological polar surface area (TPSA) is 192 Å². The first-order chi connectivity index (χ1) is 9.30. The summed E-state index contributed by atoms with van der Waals surface area (Å²) in [6, 6.07) is 0. The van der Waals surface area contributed by atoms with Crippen LogP contribution in [0.15, 0.2) is 0 Å². The molecule has 0 aromatic carbocycles. The molecule has 5 atom stereocenters. The van der Waals surface area contributed by atoms with Gasteiger partial charge in [-0.2, -0.15) is 8.62 Å². The van der Waals surface area contributed by atoms with E-state index in [0.717, 1.165) is 0 Å². The molecule has 1 heterocycles. The van der Waals surface area contributed by atoms with Gasteiger partial charge in [0, 0.05) is 13.0 Å². The van der Waals surface area contributed by atoms with Gasteiger partial charge in [-0.1, -0.05) is 0 Å². The maximum Gasteiger partial charge on any atom is 0.489 e. The fourth-order valence-electron chi connectivity index (χ4n) is 1.64. The van der Waals surface area contributed by atoms with Gasteiger partial charge in [0.15, 0.2) is 0 Å². The van der Waals surface area contributed by atoms with Crippen molar-refractivity contribution in [2.24, 2.45) is 0 Å². The Bertz CT molecular complexity index is 504. The molecule has 126 valence electrons. The van der Waals surface area contributed by atoms with E-state index in [0.29, 0.717) is 6.42 Å². The molecule has 0 amide bonds. The Labute approximate surface area is 119 Å². The minimum Gasteiger partial charge on any atom is -0.390 e. The Morgan fingerprint density at radius 3 is 2.19 bits per heavy atom. The van der Waals surface area contributed by atoms with Crippen molar-refractivity contribution >= 4 is 23.4 Å². The van der Waals surface area contributed by atoms with Crippen molar-refractivity contribution in [2.45, 2.75) is 31.7 Å². The Balaban J connectivity index is 2.56. The smallest absolute Gasteiger partial charge is 0.390 e. The molecule has 1 saturated heterocycles. The van der Waals surface area contributed by atoms with Crippen molar-refractivity contribution in [3.05, 3.63) is 0 Å². The summed E-state index contributed by atoms with van der Waals surface area (Å²) in [6.07, 6.45) is -1.71. The SMILES string of the molecule is C[C@H]1CC(O)[C@@H](CNP(=O)(O)OP(=O)(O)OP(=O)(O)O)O1. The Kier molecular flexibility index (Phi) is 6.31. The number of nitrogens with one attached hydrogen (secondary N) is 1. The molecule has 0 aromatic rings. The second-order valence-electron chi connectivity index (χ2n) is 4.29. The summed E-state index contributed by atoms with van der Waals surface area (Å²) in [4.78, 5) is 34.9. The van der Waals surface area contributed by atoms with Gasteiger partial charge in [-0.15, -0.1) is 0 Å². The van der Waals surface area contributed by atoms with Gasteiger partial charge < -0.3 is 29.4 Å². The van der Waals surface area contributed by atoms with Crippen LogP contribution in [-0.2, 0) is 27.1 Å². The lowest BCUT2D eigenvalue weighted by atomic mass is 10.1. The van der Waals surface area contributed by atoms with Crippen LogP contribution in [0.25, 0.3) is 0 Å². The molecule has 0 bridgehead atoms. The number of rotatable bonds is 7. The molecule has 12 nitrogen and oxygen atoms in total. The molecule has 0 aliphatic carbocycles. The molecule has 6 N–H and O–H groups in total. The van der Waals surface area contributed by atoms with E-state index in [2.05, 4.69) is 8.62 Å². The van der Waals surface area contributed by atoms with Crippen LogP contribution in [0.3, 0.4) is 0 Å². The average molecular weight is 371 g/mol. The summed E-state index contributed by atoms with van der Waals surface area (Å²) in [5, 5.41) is 11.4. The van der Waals surface area contributed by atoms with Gasteiger partial charge in [0.05, 0.1) is 18.3 Å². The maximum absolute atomic E-state index is 11.5. The third kappa shape index (κ3) is 7.43. The fourth-order valence-corrected chi connectivity index (χ4v) is 4.87. The highest BCUT2D eigenvalue weighted by molar-refractivity contribution is 7.67. The molecule has 0 spiro atoms. The van der Waals surface area contributed by atoms with E-state index in [1.807, 2.05) is 5.09 Å². The van der Waals surface area contributed by atoms with Gasteiger partial charge >= 0.3 is 23.4 Å². The molecule has 1 aliphatic heterocycles. The van der Waals surface area contributed by atoms with Crippen LogP contribution in [0.2, 0.25) is 0 Å². The van der Waals surface area contributed by atoms with Crippen molar-refractivity contribution in [3.63, 3.8) is 0 Å². The van der Waals surface area contributed by atoms with Crippen LogP contribution < -0.4 is 5.09 Å². The van der Waals surface area contributed by atoms with Gasteiger partial charge in [-0.3, -0.25) is 0 Å². The highest BCUT2D eigenvalue weighted by Crippen LogP contribution is 2.64. The monoisotopic (exact) mass is 371 g/mol. The van der Waals surface area contributed by atoms with Crippen molar-refractivity contribution in [3.8, 4) is 0 Å². The quantitative estimate of drug-likeness (QED) is 0.313. The van der Waals surface area contributed by atoms with E-state index in [1.54, 1.807) is 6.92 Å². The van der Waals surface area contributed by atoms with Crippen molar-refractivity contribution < 1.29 is 51.7 Å². The predicted octanol–water partition coefficient (Wildman–Crippen LogP) is -0.559. The normalized spacial score (nSPS) is 32.6. The summed E-state index contributed by atoms with van der Waals surface area (Å²) in [5.74, 6) is 0. The first-order valence-electron chi connectivity index (χ1n) is 5.52. The first kappa shape index (κ1) is 19.4. The number of ether oxygens (including phenoxy) is 1. The molecule has 0 aromatic heterocycles. The minimum absolute atomic E-state index is 0.271. The number of phosphoric acid groups is 2. The molecule has 0 saturated carbocycles. The predicted molar refractivity (Wildman–Crippen MR) is 66.8 cm³/mol. The van der Waals surface area contributed by atoms with Crippen LogP contribution in [0.4, 0.5) is 0 Å². The van der Waals surface area contributed by atoms with E-state index in [4.69, 9.17) is 19.4 Å². The molecule has 1 fully saturated rings. The fraction of sp³-hybridized carbons (Fsp3) is 1.00. The third-order valence-corrected chi connectivity index (χ3v) is 6.29. The molecule has 15 heteroatoms. The summed E-state index contributed by atoms with van der Waals surface area (Å²) < 4.78 is 45.3. The van der Waals surface area contributed by atoms with Crippen molar-refractivity contribution in [1.82, 2.24) is 5.09 Å². The maximum atomic E-state index is 11.5. The second kappa shape index (κ2) is 6.84. The second-order valence-corrected chi connectivity index (χ2v) is 8.87. The van der Waals surface area contributed by atoms with E-state index < -0.39 is 42.1 Å². The van der Waals surface area contributed by atoms with Gasteiger partial charge in [0.2, 0.25) is 0 Å². The van der Waals surface area contributed by atoms with Gasteiger partial charge in [0.1, 0.15) is 0 Å². The van der Waals surface area contributed by atoms with Crippen LogP contribution in [0, 0.1) is 0 Å². The summed E-state index contributed by atoms with van der Waals surface area (Å²) in [5.41, 5.74) is 0. The van der Waals surface area contributed by atoms with Crippen molar-refractivity contribution in [1.29, 1.82) is 0 Å². The Morgan fingerprint density at radius 1 is 1.19 bits per heavy atom. The summed E-state index contributed by atoms with van der Waals surface area (Å²) in [6.45, 7) is 1.28. The number of aliphatic hydroxyl groups excluding tert-OH is 1. The largest absolute Gasteiger partial charge is 0.489 e. The van der Waals surface area contributed by atoms with Gasteiger partial charge in [-0.25, -0.2) is 18.8 Å². The highest BCUT2D eigenvalue weighted by Gasteiger charge is 2.40. The zero-order chi connectivity index (χ0) is 16.5. The highest BCUT2D eigenvalue weighted by atomic mass is 31.3. The molecule has 21 heavy (non-hydrogen) atoms. The van der Waals surface area contributed by atoms with Crippen LogP contribution >= 0.6 is 23.4 Å². The number of hydrogen-bond donors (Lipinski definition) is 6. The van der Waals surface area contributed by atoms with E-state index in [1.165, 1.54) is 0 Å². The van der Waals surface area contributed by atoms with Crippen LogP contribution in [0.1, 0.15) is 13.3 Å². The van der Waals surface area contributed by atoms with E-state index in [9.17, 15) is 23.7 Å². The number of aliphatic hydroxyl groups is 1. The van der Waals surface area contributed by atoms with E-state index >= 15 is 0 Å². The van der Waals surface area contributed by atoms with Crippen LogP contribution in [0.5, 0.6) is 0 Å². The van der Waals surface area contributed by atoms with Gasteiger partial charge in [-0.05, 0) is 6.92 Å². The van der Waals surface area contributed by atoms with Crippen molar-refractivity contribution in [2.75, 3.05) is 6.54 Å². The molecular formula is C6H16NO11P3. The lowest BCUT2D eigenvalue weighted by Gasteiger charge is -2.19. The average Bonchev–Trinajstić information content (AvgIpc) is 2.48. The Hall–Kier alpha value is 0.330. The molecule has 0 radical (unpaired) electrons. The third-order valence-electron chi connectivity index (χ3n) is 2.33. The van der Waals surface area contributed by atoms with E-state index in [-0.39, 0.29) is 6.10 Å². The first-order valence-corrected chi connectivity index (χ1v) is 10.1. The summed E-state index contributed by atoms with van der Waals surface area (Å²) in [7, 11) is -15.8. The minimum atomic E-state index is -5.47. The lowest BCUT2D eigenvalue weighted by Crippen LogP contribution is -2.32. The standard InChI is InChI=1S/C6H16NO11P3/c1-4-2-5(8)6(16-4)3-7-19(9,10)17-21(14,15)18-20(11,12)13/h4-6,8H,2-3H2,1H3,(H,14,15)(H2,7,9,10)(H2,11,12,13)/t4-,5?,6+/m0/s1. The van der Waals surface area contributed by atoms with Crippen LogP contribution in [-0.4, -0.2) is 49.5 Å². The molecule has 3 unspecified atom stereocenters. The zero-order valence-corrected chi connectivity index (χ0v) is 13.4. The molecule has 1 rings (SSSR count). The molecule has 1 aliphatic rings. The summed E-state index contributed by atoms with van der Waals surface area (Å²) >= 11 is 0. The lowest BCUT2D eigenvalue weighted by molar-refractivity contribution is 0.0193. The Morgan fingerprint density at radius 2 is 1.76 bits per heavy atom.